The Balaban J connectivity index is 1.53. The highest BCUT2D eigenvalue weighted by Crippen LogP contribution is 2.30. The molecule has 0 radical (unpaired) electrons. The van der Waals surface area contributed by atoms with Gasteiger partial charge in [0.25, 0.3) is 0 Å². The number of likely N-dealkylation sites (tertiary alicyclic amines) is 1. The average Bonchev–Trinajstić information content (AvgIpc) is 3.07. The summed E-state index contributed by atoms with van der Waals surface area (Å²) in [5, 5.41) is 3.17. The summed E-state index contributed by atoms with van der Waals surface area (Å²) in [5.41, 5.74) is 0.961. The molecule has 3 rings (SSSR count). The lowest BCUT2D eigenvalue weighted by Crippen LogP contribution is -2.43. The largest absolute Gasteiger partial charge is 0.486 e. The zero-order valence-electron chi connectivity index (χ0n) is 13.8. The fourth-order valence-electron chi connectivity index (χ4n) is 3.22. The van der Waals surface area contributed by atoms with Gasteiger partial charge in [-0.25, -0.2) is 0 Å². The fourth-order valence-corrected chi connectivity index (χ4v) is 3.22. The van der Waals surface area contributed by atoms with Crippen LogP contribution in [0, 0.1) is 0 Å². The van der Waals surface area contributed by atoms with Crippen LogP contribution in [0.3, 0.4) is 0 Å². The SMILES string of the molecule is CC[C@@H](CN1CCCC1)NC(=O)Cc1ccc2c(c1)OCCO2. The first-order valence-electron chi connectivity index (χ1n) is 8.65. The van der Waals surface area contributed by atoms with E-state index in [0.717, 1.165) is 43.1 Å². The third-order valence-electron chi connectivity index (χ3n) is 4.51. The van der Waals surface area contributed by atoms with E-state index in [9.17, 15) is 4.79 Å². The Morgan fingerprint density at radius 2 is 1.96 bits per heavy atom. The topological polar surface area (TPSA) is 50.8 Å². The summed E-state index contributed by atoms with van der Waals surface area (Å²) in [5.74, 6) is 1.58. The first-order chi connectivity index (χ1) is 11.2. The number of carbonyl (C=O) groups excluding carboxylic acids is 1. The van der Waals surface area contributed by atoms with Crippen LogP contribution in [0.15, 0.2) is 18.2 Å². The van der Waals surface area contributed by atoms with E-state index < -0.39 is 0 Å². The number of rotatable bonds is 6. The van der Waals surface area contributed by atoms with Crippen molar-refractivity contribution < 1.29 is 14.3 Å². The van der Waals surface area contributed by atoms with Gasteiger partial charge in [0.2, 0.25) is 5.91 Å². The van der Waals surface area contributed by atoms with E-state index >= 15 is 0 Å². The summed E-state index contributed by atoms with van der Waals surface area (Å²) in [6.45, 7) is 6.56. The highest BCUT2D eigenvalue weighted by molar-refractivity contribution is 5.79. The van der Waals surface area contributed by atoms with Gasteiger partial charge in [0.15, 0.2) is 11.5 Å². The first-order valence-corrected chi connectivity index (χ1v) is 8.65. The zero-order valence-corrected chi connectivity index (χ0v) is 13.8. The van der Waals surface area contributed by atoms with Crippen LogP contribution in [0.1, 0.15) is 31.7 Å². The monoisotopic (exact) mass is 318 g/mol. The van der Waals surface area contributed by atoms with E-state index in [4.69, 9.17) is 9.47 Å². The Morgan fingerprint density at radius 3 is 2.70 bits per heavy atom. The van der Waals surface area contributed by atoms with E-state index in [1.165, 1.54) is 12.8 Å². The Morgan fingerprint density at radius 1 is 1.22 bits per heavy atom. The summed E-state index contributed by atoms with van der Waals surface area (Å²) in [4.78, 5) is 14.8. The molecule has 1 amide bonds. The van der Waals surface area contributed by atoms with Crippen LogP contribution in [0.4, 0.5) is 0 Å². The van der Waals surface area contributed by atoms with Gasteiger partial charge in [0.1, 0.15) is 13.2 Å². The normalized spacial score (nSPS) is 18.7. The molecule has 5 nitrogen and oxygen atoms in total. The molecule has 1 fully saturated rings. The Bertz CT molecular complexity index is 541. The van der Waals surface area contributed by atoms with E-state index in [1.54, 1.807) is 0 Å². The van der Waals surface area contributed by atoms with Crippen LogP contribution in [0.2, 0.25) is 0 Å². The molecule has 2 heterocycles. The van der Waals surface area contributed by atoms with Gasteiger partial charge in [-0.2, -0.15) is 0 Å². The highest BCUT2D eigenvalue weighted by atomic mass is 16.6. The predicted octanol–water partition coefficient (Wildman–Crippen LogP) is 1.99. The zero-order chi connectivity index (χ0) is 16.1. The lowest BCUT2D eigenvalue weighted by molar-refractivity contribution is -0.121. The molecule has 1 aromatic rings. The predicted molar refractivity (Wildman–Crippen MR) is 89.0 cm³/mol. The number of hydrogen-bond acceptors (Lipinski definition) is 4. The smallest absolute Gasteiger partial charge is 0.224 e. The van der Waals surface area contributed by atoms with Crippen molar-refractivity contribution in [2.75, 3.05) is 32.8 Å². The number of hydrogen-bond donors (Lipinski definition) is 1. The third-order valence-corrected chi connectivity index (χ3v) is 4.51. The minimum atomic E-state index is 0.0766. The van der Waals surface area contributed by atoms with Crippen LogP contribution >= 0.6 is 0 Å². The number of ether oxygens (including phenoxy) is 2. The molecule has 23 heavy (non-hydrogen) atoms. The van der Waals surface area contributed by atoms with Crippen molar-refractivity contribution in [1.82, 2.24) is 10.2 Å². The molecule has 1 N–H and O–H groups in total. The van der Waals surface area contributed by atoms with Gasteiger partial charge in [-0.3, -0.25) is 4.79 Å². The van der Waals surface area contributed by atoms with Gasteiger partial charge in [0, 0.05) is 12.6 Å². The quantitative estimate of drug-likeness (QED) is 0.871. The maximum atomic E-state index is 12.3. The fraction of sp³-hybridized carbons (Fsp3) is 0.611. The molecule has 2 aliphatic rings. The number of carbonyl (C=O) groups is 1. The molecule has 0 aliphatic carbocycles. The third kappa shape index (κ3) is 4.38. The van der Waals surface area contributed by atoms with Crippen molar-refractivity contribution in [3.63, 3.8) is 0 Å². The maximum absolute atomic E-state index is 12.3. The van der Waals surface area contributed by atoms with Crippen LogP contribution in [-0.2, 0) is 11.2 Å². The average molecular weight is 318 g/mol. The van der Waals surface area contributed by atoms with Crippen LogP contribution < -0.4 is 14.8 Å². The number of nitrogens with one attached hydrogen (secondary N) is 1. The Labute approximate surface area is 137 Å². The van der Waals surface area contributed by atoms with Gasteiger partial charge >= 0.3 is 0 Å². The maximum Gasteiger partial charge on any atom is 0.224 e. The first kappa shape index (κ1) is 16.1. The van der Waals surface area contributed by atoms with E-state index in [-0.39, 0.29) is 11.9 Å². The summed E-state index contributed by atoms with van der Waals surface area (Å²) < 4.78 is 11.1. The molecule has 5 heteroatoms. The molecule has 0 aromatic heterocycles. The van der Waals surface area contributed by atoms with Gasteiger partial charge in [-0.15, -0.1) is 0 Å². The van der Waals surface area contributed by atoms with E-state index in [0.29, 0.717) is 19.6 Å². The molecule has 0 spiro atoms. The van der Waals surface area contributed by atoms with Crippen molar-refractivity contribution in [2.45, 2.75) is 38.6 Å². The number of benzene rings is 1. The summed E-state index contributed by atoms with van der Waals surface area (Å²) in [7, 11) is 0. The molecule has 2 aliphatic heterocycles. The number of nitrogens with zero attached hydrogens (tertiary/aromatic N) is 1. The Hall–Kier alpha value is -1.75. The lowest BCUT2D eigenvalue weighted by Gasteiger charge is -2.23. The molecule has 1 aromatic carbocycles. The Kier molecular flexibility index (Phi) is 5.39. The van der Waals surface area contributed by atoms with Gasteiger partial charge < -0.3 is 19.7 Å². The van der Waals surface area contributed by atoms with Crippen LogP contribution in [0.5, 0.6) is 11.5 Å². The van der Waals surface area contributed by atoms with Crippen LogP contribution in [0.25, 0.3) is 0 Å². The molecule has 126 valence electrons. The number of fused-ring (bicyclic) bond motifs is 1. The second-order valence-corrected chi connectivity index (χ2v) is 6.34. The van der Waals surface area contributed by atoms with Crippen molar-refractivity contribution >= 4 is 5.91 Å². The standard InChI is InChI=1S/C18H26N2O3/c1-2-15(13-20-7-3-4-8-20)19-18(21)12-14-5-6-16-17(11-14)23-10-9-22-16/h5-6,11,15H,2-4,7-10,12-13H2,1H3,(H,19,21)/t15-/m0/s1. The van der Waals surface area contributed by atoms with Crippen molar-refractivity contribution in [3.05, 3.63) is 23.8 Å². The van der Waals surface area contributed by atoms with Crippen molar-refractivity contribution in [1.29, 1.82) is 0 Å². The van der Waals surface area contributed by atoms with E-state index in [1.807, 2.05) is 18.2 Å². The second-order valence-electron chi connectivity index (χ2n) is 6.34. The molecular weight excluding hydrogens is 292 g/mol. The van der Waals surface area contributed by atoms with Crippen molar-refractivity contribution in [3.8, 4) is 11.5 Å². The van der Waals surface area contributed by atoms with Crippen molar-refractivity contribution in [2.24, 2.45) is 0 Å². The second kappa shape index (κ2) is 7.68. The molecular formula is C18H26N2O3. The van der Waals surface area contributed by atoms with Gasteiger partial charge in [-0.05, 0) is 50.0 Å². The van der Waals surface area contributed by atoms with Gasteiger partial charge in [-0.1, -0.05) is 13.0 Å². The minimum Gasteiger partial charge on any atom is -0.486 e. The summed E-state index contributed by atoms with van der Waals surface area (Å²) in [6.07, 6.45) is 3.90. The molecule has 0 saturated carbocycles. The van der Waals surface area contributed by atoms with E-state index in [2.05, 4.69) is 17.1 Å². The number of amides is 1. The van der Waals surface area contributed by atoms with Gasteiger partial charge in [0.05, 0.1) is 6.42 Å². The highest BCUT2D eigenvalue weighted by Gasteiger charge is 2.18. The lowest BCUT2D eigenvalue weighted by atomic mass is 10.1. The molecule has 0 bridgehead atoms. The molecule has 1 atom stereocenters. The minimum absolute atomic E-state index is 0.0766. The summed E-state index contributed by atoms with van der Waals surface area (Å²) in [6, 6.07) is 5.97. The molecule has 1 saturated heterocycles. The van der Waals surface area contributed by atoms with Crippen LogP contribution in [-0.4, -0.2) is 49.7 Å². The summed E-state index contributed by atoms with van der Waals surface area (Å²) >= 11 is 0. The molecule has 0 unspecified atom stereocenters.